The minimum absolute atomic E-state index is 0. The molecule has 3 radical (unpaired) electrons. The number of aldehydes is 1. The zero-order valence-corrected chi connectivity index (χ0v) is 28.3. The predicted molar refractivity (Wildman–Crippen MR) is 110 cm³/mol. The van der Waals surface area contributed by atoms with Crippen molar-refractivity contribution in [2.75, 3.05) is 0 Å². The smallest absolute Gasteiger partial charge is 0.303 e. The number of carbonyl (C=O) groups excluding carboxylic acids is 4. The summed E-state index contributed by atoms with van der Waals surface area (Å²) in [6.07, 6.45) is 9.80. The minimum Gasteiger partial charge on any atom is -0.542 e. The molecule has 0 bridgehead atoms. The van der Waals surface area contributed by atoms with Gasteiger partial charge in [-0.2, -0.15) is 0 Å². The first-order valence-corrected chi connectivity index (χ1v) is 9.46. The second-order valence-corrected chi connectivity index (χ2v) is 7.05. The first-order valence-electron chi connectivity index (χ1n) is 9.46. The third kappa shape index (κ3) is 41.9. The Balaban J connectivity index is -0.0000000730. The van der Waals surface area contributed by atoms with E-state index >= 15 is 0 Å². The van der Waals surface area contributed by atoms with Crippen LogP contribution < -0.4 is 0 Å². The number of carbonyl (C=O) groups is 2. The van der Waals surface area contributed by atoms with Gasteiger partial charge in [0.2, 0.25) is 0 Å². The Kier molecular flexibility index (Phi) is 49.2. The first kappa shape index (κ1) is 45.7. The van der Waals surface area contributed by atoms with E-state index in [1.807, 2.05) is 13.2 Å². The Morgan fingerprint density at radius 3 is 1.42 bits per heavy atom. The van der Waals surface area contributed by atoms with Gasteiger partial charge >= 0.3 is 5.97 Å². The summed E-state index contributed by atoms with van der Waals surface area (Å²) < 4.78 is 0. The second-order valence-electron chi connectivity index (χ2n) is 7.05. The number of hydrogen-bond acceptors (Lipinski definition) is 5. The topological polar surface area (TPSA) is 106 Å². The molecule has 9 heteroatoms. The maximum Gasteiger partial charge on any atom is 0.303 e. The Morgan fingerprint density at radius 1 is 0.774 bits per heavy atom. The van der Waals surface area contributed by atoms with E-state index in [9.17, 15) is 24.0 Å². The van der Waals surface area contributed by atoms with Gasteiger partial charge in [-0.25, -0.2) is 0 Å². The zero-order valence-electron chi connectivity index (χ0n) is 19.8. The fourth-order valence-electron chi connectivity index (χ4n) is 1.52. The normalized spacial score (nSPS) is 11.3. The van der Waals surface area contributed by atoms with E-state index in [0.717, 1.165) is 19.1 Å². The van der Waals surface area contributed by atoms with Crippen LogP contribution in [0.4, 0.5) is 0 Å². The van der Waals surface area contributed by atoms with Crippen LogP contribution in [0.25, 0.3) is 0 Å². The predicted octanol–water partition coefficient (Wildman–Crippen LogP) is 4.17. The monoisotopic (exact) mass is 662 g/mol. The Bertz CT molecular complexity index is 492. The maximum atomic E-state index is 10.1. The molecule has 0 amide bonds. The van der Waals surface area contributed by atoms with Gasteiger partial charge in [-0.15, -0.1) is 17.8 Å². The van der Waals surface area contributed by atoms with Gasteiger partial charge in [-0.05, 0) is 27.2 Å². The molecular formula is C22H35O6Y3-3. The van der Waals surface area contributed by atoms with Crippen LogP contribution in [0.2, 0.25) is 0 Å². The van der Waals surface area contributed by atoms with Gasteiger partial charge in [-0.3, -0.25) is 23.7 Å². The quantitative estimate of drug-likeness (QED) is 0.191. The number of aliphatic carboxylic acids is 1. The number of allylic oxidation sites excluding steroid dienone is 2. The van der Waals surface area contributed by atoms with Gasteiger partial charge in [-0.1, -0.05) is 51.2 Å². The molecule has 3 unspecified atom stereocenters. The van der Waals surface area contributed by atoms with Crippen LogP contribution in [0.5, 0.6) is 0 Å². The van der Waals surface area contributed by atoms with Gasteiger partial charge in [0.05, 0.1) is 0 Å². The minimum atomic E-state index is -0.864. The summed E-state index contributed by atoms with van der Waals surface area (Å²) in [5.74, 6) is -1.11. The van der Waals surface area contributed by atoms with Crippen molar-refractivity contribution < 1.29 is 127 Å². The molecule has 1 N–H and O–H groups in total. The van der Waals surface area contributed by atoms with Crippen LogP contribution in [0.15, 0.2) is 11.1 Å². The summed E-state index contributed by atoms with van der Waals surface area (Å²) in [6, 6.07) is 0. The van der Waals surface area contributed by atoms with E-state index in [1.54, 1.807) is 26.4 Å². The van der Waals surface area contributed by atoms with Crippen molar-refractivity contribution in [3.05, 3.63) is 11.1 Å². The first-order chi connectivity index (χ1) is 13.0. The number of carboxylic acid groups (broad SMARTS) is 1. The van der Waals surface area contributed by atoms with Crippen LogP contribution in [0.3, 0.4) is 0 Å². The number of hydrogen-bond donors (Lipinski definition) is 1. The third-order valence-corrected chi connectivity index (χ3v) is 3.92. The molecule has 0 rings (SSSR count). The van der Waals surface area contributed by atoms with Gasteiger partial charge < -0.3 is 24.3 Å². The molecule has 0 saturated carbocycles. The van der Waals surface area contributed by atoms with Crippen molar-refractivity contribution in [3.8, 4) is 0 Å². The average molecular weight is 662 g/mol. The van der Waals surface area contributed by atoms with E-state index in [2.05, 4.69) is 20.8 Å². The molecule has 31 heavy (non-hydrogen) atoms. The molecule has 0 aromatic heterocycles. The zero-order chi connectivity index (χ0) is 22.5. The van der Waals surface area contributed by atoms with Gasteiger partial charge in [0.15, 0.2) is 0 Å². The molecule has 0 aromatic rings. The van der Waals surface area contributed by atoms with E-state index in [-0.39, 0.29) is 122 Å². The molecule has 0 spiro atoms. The van der Waals surface area contributed by atoms with Crippen LogP contribution in [-0.4, -0.2) is 36.2 Å². The van der Waals surface area contributed by atoms with Crippen molar-refractivity contribution in [2.45, 2.75) is 80.1 Å². The van der Waals surface area contributed by atoms with Crippen LogP contribution in [0.1, 0.15) is 80.1 Å². The molecule has 171 valence electrons. The Morgan fingerprint density at radius 2 is 1.13 bits per heavy atom. The van der Waals surface area contributed by atoms with E-state index in [1.165, 1.54) is 11.1 Å². The average Bonchev–Trinajstić information content (AvgIpc) is 2.68. The van der Waals surface area contributed by atoms with E-state index < -0.39 is 5.97 Å². The molecule has 0 heterocycles. The molecule has 0 aliphatic carbocycles. The molecular weight excluding hydrogens is 627 g/mol. The number of rotatable bonds is 12. The van der Waals surface area contributed by atoms with Gasteiger partial charge in [0.1, 0.15) is 6.29 Å². The summed E-state index contributed by atoms with van der Waals surface area (Å²) >= 11 is 0. The van der Waals surface area contributed by atoms with Crippen LogP contribution in [-0.2, 0) is 122 Å². The molecule has 3 atom stereocenters. The van der Waals surface area contributed by atoms with Crippen molar-refractivity contribution >= 4 is 31.1 Å². The fourth-order valence-corrected chi connectivity index (χ4v) is 1.52. The fraction of sp³-hybridized carbons (Fsp3) is 0.682. The maximum absolute atomic E-state index is 10.1. The largest absolute Gasteiger partial charge is 0.542 e. The van der Waals surface area contributed by atoms with Crippen molar-refractivity contribution in [1.82, 2.24) is 0 Å². The van der Waals surface area contributed by atoms with E-state index in [0.29, 0.717) is 19.3 Å². The van der Waals surface area contributed by atoms with Gasteiger partial charge in [0, 0.05) is 111 Å². The van der Waals surface area contributed by atoms with Crippen LogP contribution >= 0.6 is 0 Å². The van der Waals surface area contributed by atoms with E-state index in [4.69, 9.17) is 5.11 Å². The van der Waals surface area contributed by atoms with Crippen molar-refractivity contribution in [2.24, 2.45) is 17.8 Å². The number of carboxylic acids is 1. The molecule has 0 fully saturated rings. The summed E-state index contributed by atoms with van der Waals surface area (Å²) in [6.45, 7) is 11.6. The van der Waals surface area contributed by atoms with Crippen LogP contribution in [0, 0.1) is 17.8 Å². The van der Waals surface area contributed by atoms with Crippen molar-refractivity contribution in [1.29, 1.82) is 0 Å². The van der Waals surface area contributed by atoms with Gasteiger partial charge in [0.25, 0.3) is 0 Å². The summed E-state index contributed by atoms with van der Waals surface area (Å²) in [5, 5.41) is 8.13. The summed E-state index contributed by atoms with van der Waals surface area (Å²) in [4.78, 5) is 49.3. The molecule has 0 aromatic carbocycles. The summed E-state index contributed by atoms with van der Waals surface area (Å²) in [5.41, 5.74) is 2.76. The Hall–Kier alpha value is 1.20. The third-order valence-electron chi connectivity index (χ3n) is 3.92. The Labute approximate surface area is 263 Å². The molecule has 0 aliphatic heterocycles. The molecule has 6 nitrogen and oxygen atoms in total. The van der Waals surface area contributed by atoms with Crippen molar-refractivity contribution in [3.63, 3.8) is 0 Å². The SMILES string of the molecule is CC(C)=C(C)CCC(C)[C-]=O.CC([C-]=O)CCC(=O)O.CC([C-]=O)CCC=O.[Y].[Y].[Y]. The molecule has 0 saturated heterocycles. The summed E-state index contributed by atoms with van der Waals surface area (Å²) in [7, 11) is 0. The standard InChI is InChI=1S/C10H17O.C6H9O3.C6H9O2.3Y/c1-8(2)10(4)6-5-9(3)7-11;1-5(4-7)2-3-6(8)9;1-6(5-8)3-2-4-7;;;/h9H,5-6H2,1-4H3;5H,2-3H2,1H3,(H,8,9);4,6H,2-3H2,1H3;;;/q3*-1;;;. The molecule has 0 aliphatic rings. The second kappa shape index (κ2) is 33.4.